The number of nitrogens with zero attached hydrogens (tertiary/aromatic N) is 2. The Morgan fingerprint density at radius 3 is 2.55 bits per heavy atom. The highest BCUT2D eigenvalue weighted by molar-refractivity contribution is 7.89. The zero-order valence-corrected chi connectivity index (χ0v) is 11.7. The minimum atomic E-state index is -3.74. The number of nitrogens with two attached hydrogens (primary N) is 1. The maximum Gasteiger partial charge on any atom is 0.246 e. The number of rotatable bonds is 5. The Labute approximate surface area is 116 Å². The van der Waals surface area contributed by atoms with Crippen LogP contribution >= 0.6 is 0 Å². The largest absolute Gasteiger partial charge is 0.383 e. The third kappa shape index (κ3) is 2.97. The summed E-state index contributed by atoms with van der Waals surface area (Å²) in [6.45, 7) is 2.35. The molecular formula is C12H15FN4O2S. The number of aryl methyl sites for hydroxylation is 1. The van der Waals surface area contributed by atoms with Gasteiger partial charge in [-0.2, -0.15) is 5.10 Å². The van der Waals surface area contributed by atoms with Gasteiger partial charge in [-0.1, -0.05) is 12.1 Å². The van der Waals surface area contributed by atoms with Crippen LogP contribution in [0.25, 0.3) is 0 Å². The van der Waals surface area contributed by atoms with E-state index in [-0.39, 0.29) is 23.1 Å². The molecule has 1 heterocycles. The van der Waals surface area contributed by atoms with Crippen LogP contribution in [-0.4, -0.2) is 18.2 Å². The third-order valence-electron chi connectivity index (χ3n) is 2.81. The van der Waals surface area contributed by atoms with Crippen molar-refractivity contribution >= 4 is 15.8 Å². The van der Waals surface area contributed by atoms with Gasteiger partial charge in [-0.3, -0.25) is 0 Å². The van der Waals surface area contributed by atoms with Crippen molar-refractivity contribution in [2.24, 2.45) is 0 Å². The highest BCUT2D eigenvalue weighted by Crippen LogP contribution is 2.17. The van der Waals surface area contributed by atoms with E-state index in [0.29, 0.717) is 12.1 Å². The van der Waals surface area contributed by atoms with E-state index in [9.17, 15) is 12.8 Å². The van der Waals surface area contributed by atoms with Gasteiger partial charge in [-0.25, -0.2) is 22.2 Å². The van der Waals surface area contributed by atoms with Gasteiger partial charge < -0.3 is 5.73 Å². The lowest BCUT2D eigenvalue weighted by molar-refractivity contribution is 0.581. The number of nitrogens with one attached hydrogen (secondary N) is 1. The van der Waals surface area contributed by atoms with Gasteiger partial charge >= 0.3 is 0 Å². The Balaban J connectivity index is 2.15. The van der Waals surface area contributed by atoms with Crippen molar-refractivity contribution in [3.63, 3.8) is 0 Å². The van der Waals surface area contributed by atoms with E-state index in [0.717, 1.165) is 0 Å². The number of benzene rings is 1. The molecule has 0 amide bonds. The molecule has 0 saturated carbocycles. The van der Waals surface area contributed by atoms with Gasteiger partial charge in [0, 0.05) is 13.1 Å². The number of nitrogen functional groups attached to an aromatic ring is 1. The molecule has 0 saturated heterocycles. The molecule has 0 unspecified atom stereocenters. The summed E-state index contributed by atoms with van der Waals surface area (Å²) in [6, 6.07) is 5.56. The average Bonchev–Trinajstić information content (AvgIpc) is 2.80. The van der Waals surface area contributed by atoms with Crippen molar-refractivity contribution in [3.05, 3.63) is 41.8 Å². The van der Waals surface area contributed by atoms with E-state index < -0.39 is 10.0 Å². The van der Waals surface area contributed by atoms with E-state index in [1.54, 1.807) is 0 Å². The minimum absolute atomic E-state index is 0.0542. The van der Waals surface area contributed by atoms with Crippen LogP contribution in [-0.2, 0) is 23.1 Å². The number of sulfonamides is 1. The number of aromatic nitrogens is 2. The van der Waals surface area contributed by atoms with Gasteiger partial charge in [0.15, 0.2) is 0 Å². The Morgan fingerprint density at radius 1 is 1.35 bits per heavy atom. The first kappa shape index (κ1) is 14.5. The Hall–Kier alpha value is -1.93. The molecule has 0 bridgehead atoms. The average molecular weight is 298 g/mol. The Bertz CT molecular complexity index is 695. The van der Waals surface area contributed by atoms with Gasteiger partial charge in [0.05, 0.1) is 6.20 Å². The maximum atomic E-state index is 12.8. The Kier molecular flexibility index (Phi) is 4.05. The van der Waals surface area contributed by atoms with Crippen molar-refractivity contribution < 1.29 is 12.8 Å². The van der Waals surface area contributed by atoms with Crippen molar-refractivity contribution in [1.29, 1.82) is 0 Å². The van der Waals surface area contributed by atoms with E-state index in [2.05, 4.69) is 9.82 Å². The fourth-order valence-corrected chi connectivity index (χ4v) is 2.77. The molecule has 2 aromatic rings. The topological polar surface area (TPSA) is 90.0 Å². The summed E-state index contributed by atoms with van der Waals surface area (Å²) in [5, 5.41) is 3.89. The zero-order valence-electron chi connectivity index (χ0n) is 10.9. The summed E-state index contributed by atoms with van der Waals surface area (Å²) in [7, 11) is -3.74. The molecular weight excluding hydrogens is 283 g/mol. The lowest BCUT2D eigenvalue weighted by Crippen LogP contribution is -2.24. The first-order chi connectivity index (χ1) is 9.44. The lowest BCUT2D eigenvalue weighted by Gasteiger charge is -2.06. The van der Waals surface area contributed by atoms with Gasteiger partial charge in [0.2, 0.25) is 10.0 Å². The van der Waals surface area contributed by atoms with Crippen molar-refractivity contribution in [2.45, 2.75) is 24.9 Å². The molecule has 2 rings (SSSR count). The van der Waals surface area contributed by atoms with Crippen molar-refractivity contribution in [1.82, 2.24) is 14.5 Å². The minimum Gasteiger partial charge on any atom is -0.383 e. The van der Waals surface area contributed by atoms with Crippen LogP contribution in [0, 0.1) is 5.82 Å². The van der Waals surface area contributed by atoms with Crippen LogP contribution in [0.2, 0.25) is 0 Å². The highest BCUT2D eigenvalue weighted by atomic mass is 32.2. The van der Waals surface area contributed by atoms with E-state index in [1.807, 2.05) is 6.92 Å². The molecule has 3 N–H and O–H groups in total. The summed E-state index contributed by atoms with van der Waals surface area (Å²) in [6.07, 6.45) is 1.21. The molecule has 0 fully saturated rings. The predicted molar refractivity (Wildman–Crippen MR) is 72.7 cm³/mol. The fourth-order valence-electron chi connectivity index (χ4n) is 1.70. The van der Waals surface area contributed by atoms with Crippen molar-refractivity contribution in [3.8, 4) is 0 Å². The van der Waals surface area contributed by atoms with Crippen LogP contribution in [0.3, 0.4) is 0 Å². The monoisotopic (exact) mass is 298 g/mol. The van der Waals surface area contributed by atoms with Crippen LogP contribution in [0.1, 0.15) is 12.5 Å². The molecule has 0 spiro atoms. The molecule has 0 aliphatic rings. The normalized spacial score (nSPS) is 11.7. The molecule has 6 nitrogen and oxygen atoms in total. The van der Waals surface area contributed by atoms with Crippen LogP contribution < -0.4 is 10.5 Å². The third-order valence-corrected chi connectivity index (χ3v) is 4.23. The summed E-state index contributed by atoms with van der Waals surface area (Å²) in [5.74, 6) is -0.274. The van der Waals surface area contributed by atoms with Crippen LogP contribution in [0.4, 0.5) is 10.2 Å². The van der Waals surface area contributed by atoms with Gasteiger partial charge in [-0.15, -0.1) is 0 Å². The quantitative estimate of drug-likeness (QED) is 0.865. The Morgan fingerprint density at radius 2 is 2.00 bits per heavy atom. The van der Waals surface area contributed by atoms with Gasteiger partial charge in [0.25, 0.3) is 0 Å². The molecule has 1 aromatic carbocycles. The first-order valence-corrected chi connectivity index (χ1v) is 7.47. The van der Waals surface area contributed by atoms with Crippen LogP contribution in [0.5, 0.6) is 0 Å². The molecule has 1 aromatic heterocycles. The van der Waals surface area contributed by atoms with E-state index in [4.69, 9.17) is 5.73 Å². The molecule has 20 heavy (non-hydrogen) atoms. The van der Waals surface area contributed by atoms with E-state index in [1.165, 1.54) is 35.1 Å². The molecule has 0 atom stereocenters. The molecule has 0 aliphatic heterocycles. The standard InChI is InChI=1S/C12H15FN4O2S/c1-2-17-12(14)11(8-15-17)20(18,19)16-7-9-3-5-10(13)6-4-9/h3-6,8,16H,2,7,14H2,1H3. The van der Waals surface area contributed by atoms with E-state index >= 15 is 0 Å². The maximum absolute atomic E-state index is 12.8. The SMILES string of the molecule is CCn1ncc(S(=O)(=O)NCc2ccc(F)cc2)c1N. The smallest absolute Gasteiger partial charge is 0.246 e. The molecule has 0 aliphatic carbocycles. The summed E-state index contributed by atoms with van der Waals surface area (Å²) in [5.41, 5.74) is 6.37. The fraction of sp³-hybridized carbons (Fsp3) is 0.250. The highest BCUT2D eigenvalue weighted by Gasteiger charge is 2.20. The summed E-state index contributed by atoms with van der Waals surface area (Å²) in [4.78, 5) is -0.0542. The number of hydrogen-bond donors (Lipinski definition) is 2. The van der Waals surface area contributed by atoms with Gasteiger partial charge in [0.1, 0.15) is 16.5 Å². The summed E-state index contributed by atoms with van der Waals surface area (Å²) < 4.78 is 40.8. The second-order valence-corrected chi connectivity index (χ2v) is 5.90. The number of halogens is 1. The first-order valence-electron chi connectivity index (χ1n) is 5.99. The summed E-state index contributed by atoms with van der Waals surface area (Å²) >= 11 is 0. The molecule has 108 valence electrons. The molecule has 8 heteroatoms. The number of hydrogen-bond acceptors (Lipinski definition) is 4. The number of anilines is 1. The molecule has 0 radical (unpaired) electrons. The lowest BCUT2D eigenvalue weighted by atomic mass is 10.2. The van der Waals surface area contributed by atoms with Gasteiger partial charge in [-0.05, 0) is 24.6 Å². The van der Waals surface area contributed by atoms with Crippen molar-refractivity contribution in [2.75, 3.05) is 5.73 Å². The predicted octanol–water partition coefficient (Wildman–Crippen LogP) is 1.10. The zero-order chi connectivity index (χ0) is 14.8. The van der Waals surface area contributed by atoms with Crippen LogP contribution in [0.15, 0.2) is 35.4 Å². The second kappa shape index (κ2) is 5.59. The second-order valence-electron chi connectivity index (χ2n) is 4.16.